The monoisotopic (exact) mass is 339 g/mol. The third kappa shape index (κ3) is 4.19. The number of hydrogen-bond acceptors (Lipinski definition) is 4. The Morgan fingerprint density at radius 3 is 2.58 bits per heavy atom. The van der Waals surface area contributed by atoms with Gasteiger partial charge in [-0.25, -0.2) is 4.79 Å². The Morgan fingerprint density at radius 2 is 2.00 bits per heavy atom. The smallest absolute Gasteiger partial charge is 0.317 e. The van der Waals surface area contributed by atoms with Gasteiger partial charge in [0.25, 0.3) is 0 Å². The van der Waals surface area contributed by atoms with Gasteiger partial charge in [-0.15, -0.1) is 0 Å². The summed E-state index contributed by atoms with van der Waals surface area (Å²) in [5.41, 5.74) is 0. The van der Waals surface area contributed by atoms with Crippen LogP contribution in [0.3, 0.4) is 0 Å². The van der Waals surface area contributed by atoms with E-state index in [0.29, 0.717) is 19.0 Å². The molecule has 3 rings (SSSR count). The van der Waals surface area contributed by atoms with Gasteiger partial charge in [0, 0.05) is 25.2 Å². The second kappa shape index (κ2) is 7.27. The largest absolute Gasteiger partial charge is 0.480 e. The Labute approximate surface area is 143 Å². The van der Waals surface area contributed by atoms with Crippen molar-refractivity contribution in [2.75, 3.05) is 26.2 Å². The quantitative estimate of drug-likeness (QED) is 0.758. The van der Waals surface area contributed by atoms with Crippen LogP contribution < -0.4 is 5.32 Å². The van der Waals surface area contributed by atoms with Crippen molar-refractivity contribution in [2.45, 2.75) is 63.8 Å². The molecule has 7 heteroatoms. The molecule has 2 saturated carbocycles. The molecule has 24 heavy (non-hydrogen) atoms. The number of amides is 2. The average Bonchev–Trinajstić information content (AvgIpc) is 3.32. The predicted octanol–water partition coefficient (Wildman–Crippen LogP) is 1.13. The van der Waals surface area contributed by atoms with Crippen LogP contribution in [0.2, 0.25) is 0 Å². The third-order valence-electron chi connectivity index (χ3n) is 5.42. The number of morpholine rings is 1. The molecule has 2 amide bonds. The van der Waals surface area contributed by atoms with E-state index in [1.807, 2.05) is 23.6 Å². The van der Waals surface area contributed by atoms with Crippen molar-refractivity contribution in [1.82, 2.24) is 15.1 Å². The van der Waals surface area contributed by atoms with Crippen LogP contribution in [0, 0.1) is 5.92 Å². The van der Waals surface area contributed by atoms with Crippen LogP contribution in [0.15, 0.2) is 0 Å². The standard InChI is InChI=1S/C17H29N3O4/c1-3-19(10-16(21)22)14-6-13(7-14)18-17(23)20-8-11(2)24-15(9-20)12-4-5-12/h11-15H,3-10H2,1-2H3,(H,18,23)(H,21,22). The van der Waals surface area contributed by atoms with E-state index in [4.69, 9.17) is 9.84 Å². The molecule has 3 aliphatic rings. The molecular weight excluding hydrogens is 310 g/mol. The Morgan fingerprint density at radius 1 is 1.29 bits per heavy atom. The molecule has 0 bridgehead atoms. The van der Waals surface area contributed by atoms with E-state index in [1.54, 1.807) is 0 Å². The highest BCUT2D eigenvalue weighted by atomic mass is 16.5. The van der Waals surface area contributed by atoms with Gasteiger partial charge in [0.2, 0.25) is 0 Å². The summed E-state index contributed by atoms with van der Waals surface area (Å²) in [6.07, 6.45) is 4.38. The molecule has 1 aliphatic heterocycles. The number of carbonyl (C=O) groups is 2. The SMILES string of the molecule is CCN(CC(=O)O)C1CC(NC(=O)N2CC(C)OC(C3CC3)C2)C1. The molecule has 0 aromatic heterocycles. The van der Waals surface area contributed by atoms with Crippen molar-refractivity contribution >= 4 is 12.0 Å². The molecule has 1 saturated heterocycles. The molecule has 7 nitrogen and oxygen atoms in total. The van der Waals surface area contributed by atoms with Gasteiger partial charge in [0.05, 0.1) is 18.8 Å². The van der Waals surface area contributed by atoms with E-state index < -0.39 is 5.97 Å². The summed E-state index contributed by atoms with van der Waals surface area (Å²) >= 11 is 0. The number of carboxylic acid groups (broad SMARTS) is 1. The van der Waals surface area contributed by atoms with Crippen LogP contribution in [-0.4, -0.2) is 77.4 Å². The predicted molar refractivity (Wildman–Crippen MR) is 88.9 cm³/mol. The molecule has 0 aromatic rings. The first kappa shape index (κ1) is 17.5. The van der Waals surface area contributed by atoms with E-state index in [-0.39, 0.29) is 36.9 Å². The fourth-order valence-corrected chi connectivity index (χ4v) is 3.82. The second-order valence-corrected chi connectivity index (χ2v) is 7.46. The van der Waals surface area contributed by atoms with Crippen LogP contribution in [0.1, 0.15) is 39.5 Å². The highest BCUT2D eigenvalue weighted by molar-refractivity contribution is 5.75. The van der Waals surface area contributed by atoms with Gasteiger partial charge in [-0.2, -0.15) is 0 Å². The lowest BCUT2D eigenvalue weighted by Crippen LogP contribution is -2.59. The van der Waals surface area contributed by atoms with Gasteiger partial charge in [0.1, 0.15) is 0 Å². The lowest BCUT2D eigenvalue weighted by atomic mass is 9.85. The Bertz CT molecular complexity index is 476. The summed E-state index contributed by atoms with van der Waals surface area (Å²) in [6, 6.07) is 0.419. The molecular formula is C17H29N3O4. The molecule has 2 unspecified atom stereocenters. The van der Waals surface area contributed by atoms with Gasteiger partial charge in [-0.1, -0.05) is 6.92 Å². The zero-order valence-corrected chi connectivity index (χ0v) is 14.6. The number of urea groups is 1. The average molecular weight is 339 g/mol. The summed E-state index contributed by atoms with van der Waals surface area (Å²) in [5.74, 6) is -0.164. The van der Waals surface area contributed by atoms with Gasteiger partial charge in [-0.05, 0) is 45.1 Å². The van der Waals surface area contributed by atoms with E-state index in [2.05, 4.69) is 5.32 Å². The van der Waals surface area contributed by atoms with E-state index in [0.717, 1.165) is 19.4 Å². The molecule has 2 aliphatic carbocycles. The Balaban J connectivity index is 1.43. The second-order valence-electron chi connectivity index (χ2n) is 7.46. The van der Waals surface area contributed by atoms with Crippen LogP contribution in [0.25, 0.3) is 0 Å². The summed E-state index contributed by atoms with van der Waals surface area (Å²) in [5, 5.41) is 12.0. The minimum Gasteiger partial charge on any atom is -0.480 e. The summed E-state index contributed by atoms with van der Waals surface area (Å²) in [7, 11) is 0. The topological polar surface area (TPSA) is 82.1 Å². The fourth-order valence-electron chi connectivity index (χ4n) is 3.82. The van der Waals surface area contributed by atoms with Gasteiger partial charge < -0.3 is 20.1 Å². The number of carboxylic acids is 1. The van der Waals surface area contributed by atoms with Crippen molar-refractivity contribution in [3.8, 4) is 0 Å². The van der Waals surface area contributed by atoms with Crippen molar-refractivity contribution in [1.29, 1.82) is 0 Å². The molecule has 3 fully saturated rings. The number of rotatable bonds is 6. The molecule has 1 heterocycles. The first-order valence-electron chi connectivity index (χ1n) is 9.13. The molecule has 0 spiro atoms. The lowest BCUT2D eigenvalue weighted by molar-refractivity contribution is -0.139. The maximum absolute atomic E-state index is 12.5. The van der Waals surface area contributed by atoms with Crippen molar-refractivity contribution < 1.29 is 19.4 Å². The number of likely N-dealkylation sites (N-methyl/N-ethyl adjacent to an activating group) is 1. The first-order chi connectivity index (χ1) is 11.5. The highest BCUT2D eigenvalue weighted by Gasteiger charge is 2.40. The van der Waals surface area contributed by atoms with Crippen molar-refractivity contribution in [2.24, 2.45) is 5.92 Å². The normalized spacial score (nSPS) is 33.2. The third-order valence-corrected chi connectivity index (χ3v) is 5.42. The molecule has 0 radical (unpaired) electrons. The summed E-state index contributed by atoms with van der Waals surface area (Å²) in [4.78, 5) is 27.2. The lowest BCUT2D eigenvalue weighted by Gasteiger charge is -2.44. The number of ether oxygens (including phenoxy) is 1. The van der Waals surface area contributed by atoms with E-state index >= 15 is 0 Å². The molecule has 0 aromatic carbocycles. The maximum atomic E-state index is 12.5. The first-order valence-corrected chi connectivity index (χ1v) is 9.13. The summed E-state index contributed by atoms with van der Waals surface area (Å²) in [6.45, 7) is 6.14. The minimum atomic E-state index is -0.794. The zero-order chi connectivity index (χ0) is 17.3. The fraction of sp³-hybridized carbons (Fsp3) is 0.882. The number of nitrogens with one attached hydrogen (secondary N) is 1. The van der Waals surface area contributed by atoms with Crippen LogP contribution in [0.4, 0.5) is 4.79 Å². The summed E-state index contributed by atoms with van der Waals surface area (Å²) < 4.78 is 5.95. The number of nitrogens with zero attached hydrogens (tertiary/aromatic N) is 2. The Hall–Kier alpha value is -1.34. The molecule has 136 valence electrons. The zero-order valence-electron chi connectivity index (χ0n) is 14.6. The number of carbonyl (C=O) groups excluding carboxylic acids is 1. The van der Waals surface area contributed by atoms with E-state index in [9.17, 15) is 9.59 Å². The maximum Gasteiger partial charge on any atom is 0.317 e. The highest BCUT2D eigenvalue weighted by Crippen LogP contribution is 2.36. The van der Waals surface area contributed by atoms with Crippen LogP contribution in [-0.2, 0) is 9.53 Å². The molecule has 2 N–H and O–H groups in total. The number of hydrogen-bond donors (Lipinski definition) is 2. The van der Waals surface area contributed by atoms with Crippen molar-refractivity contribution in [3.63, 3.8) is 0 Å². The van der Waals surface area contributed by atoms with Gasteiger partial charge >= 0.3 is 12.0 Å². The van der Waals surface area contributed by atoms with Gasteiger partial charge in [0.15, 0.2) is 0 Å². The Kier molecular flexibility index (Phi) is 5.30. The molecule has 2 atom stereocenters. The minimum absolute atomic E-state index is 0.000494. The van der Waals surface area contributed by atoms with Crippen LogP contribution >= 0.6 is 0 Å². The number of aliphatic carboxylic acids is 1. The van der Waals surface area contributed by atoms with E-state index in [1.165, 1.54) is 12.8 Å². The van der Waals surface area contributed by atoms with Crippen molar-refractivity contribution in [3.05, 3.63) is 0 Å². The van der Waals surface area contributed by atoms with Gasteiger partial charge in [-0.3, -0.25) is 9.69 Å². The van der Waals surface area contributed by atoms with Crippen LogP contribution in [0.5, 0.6) is 0 Å².